The number of benzene rings is 4. The van der Waals surface area contributed by atoms with E-state index in [0.717, 1.165) is 45.5 Å². The first-order valence-corrected chi connectivity index (χ1v) is 15.9. The minimum absolute atomic E-state index is 0.144. The maximum atomic E-state index is 13.4. The molecule has 4 aromatic rings. The lowest BCUT2D eigenvalue weighted by atomic mass is 10.0. The zero-order valence-electron chi connectivity index (χ0n) is 26.3. The maximum absolute atomic E-state index is 13.4. The highest BCUT2D eigenvalue weighted by Gasteiger charge is 2.27. The Morgan fingerprint density at radius 2 is 1.00 bits per heavy atom. The third kappa shape index (κ3) is 8.99. The summed E-state index contributed by atoms with van der Waals surface area (Å²) >= 11 is 0. The quantitative estimate of drug-likeness (QED) is 0.157. The van der Waals surface area contributed by atoms with Gasteiger partial charge < -0.3 is 19.1 Å². The van der Waals surface area contributed by atoms with Crippen LogP contribution in [0, 0.1) is 11.6 Å². The van der Waals surface area contributed by atoms with Crippen LogP contribution < -0.4 is 0 Å². The van der Waals surface area contributed by atoms with Crippen LogP contribution in [0.25, 0.3) is 22.3 Å². The third-order valence-corrected chi connectivity index (χ3v) is 8.30. The van der Waals surface area contributed by atoms with Crippen LogP contribution >= 0.6 is 0 Å². The van der Waals surface area contributed by atoms with Crippen LogP contribution in [-0.4, -0.2) is 60.5 Å². The Hall–Kier alpha value is -4.74. The van der Waals surface area contributed by atoms with Crippen LogP contribution in [0.4, 0.5) is 8.78 Å². The molecule has 0 bridgehead atoms. The van der Waals surface area contributed by atoms with E-state index in [-0.39, 0.29) is 23.8 Å². The van der Waals surface area contributed by atoms with E-state index in [4.69, 9.17) is 19.1 Å². The van der Waals surface area contributed by atoms with Gasteiger partial charge in [0, 0.05) is 25.2 Å². The number of hydrogen-bond donors (Lipinski definition) is 0. The summed E-state index contributed by atoms with van der Waals surface area (Å²) in [6.45, 7) is 2.50. The van der Waals surface area contributed by atoms with Crippen LogP contribution in [0.15, 0.2) is 109 Å². The maximum Gasteiger partial charge on any atom is 0.349 e. The smallest absolute Gasteiger partial charge is 0.349 e. The monoisotopic (exact) mass is 654 g/mol. The van der Waals surface area contributed by atoms with Crippen LogP contribution in [0.2, 0.25) is 0 Å². The molecule has 0 aromatic heterocycles. The summed E-state index contributed by atoms with van der Waals surface area (Å²) in [6.07, 6.45) is 3.16. The van der Waals surface area contributed by atoms with E-state index in [2.05, 4.69) is 0 Å². The van der Waals surface area contributed by atoms with Gasteiger partial charge in [0.15, 0.2) is 0 Å². The summed E-state index contributed by atoms with van der Waals surface area (Å²) in [5.41, 5.74) is 5.70. The lowest BCUT2D eigenvalue weighted by molar-refractivity contribution is -0.183. The highest BCUT2D eigenvalue weighted by atomic mass is 19.1. The Morgan fingerprint density at radius 1 is 0.604 bits per heavy atom. The molecule has 2 fully saturated rings. The molecule has 0 radical (unpaired) electrons. The predicted octanol–water partition coefficient (Wildman–Crippen LogP) is 6.65. The average Bonchev–Trinajstić information content (AvgIpc) is 3.75. The van der Waals surface area contributed by atoms with Crippen molar-refractivity contribution in [1.29, 1.82) is 0 Å². The fraction of sp³-hybridized carbons (Fsp3) is 0.263. The van der Waals surface area contributed by atoms with Crippen molar-refractivity contribution in [3.8, 4) is 22.3 Å². The molecular formula is C38H36F2N2O6. The molecule has 0 saturated carbocycles. The van der Waals surface area contributed by atoms with Crippen molar-refractivity contribution in [2.45, 2.75) is 38.3 Å². The summed E-state index contributed by atoms with van der Waals surface area (Å²) in [6, 6.07) is 28.3. The molecule has 4 aromatic carbocycles. The van der Waals surface area contributed by atoms with Crippen molar-refractivity contribution in [3.05, 3.63) is 132 Å². The lowest BCUT2D eigenvalue weighted by Gasteiger charge is -2.16. The second-order valence-corrected chi connectivity index (χ2v) is 11.7. The van der Waals surface area contributed by atoms with Gasteiger partial charge in [-0.3, -0.25) is 0 Å². The average molecular weight is 655 g/mol. The van der Waals surface area contributed by atoms with Gasteiger partial charge in [0.05, 0.1) is 38.5 Å². The molecule has 2 saturated heterocycles. The molecular weight excluding hydrogens is 618 g/mol. The van der Waals surface area contributed by atoms with E-state index >= 15 is 0 Å². The van der Waals surface area contributed by atoms with E-state index in [9.17, 15) is 18.4 Å². The van der Waals surface area contributed by atoms with E-state index in [1.165, 1.54) is 34.4 Å². The summed E-state index contributed by atoms with van der Waals surface area (Å²) < 4.78 is 39.0. The highest BCUT2D eigenvalue weighted by molar-refractivity contribution is 5.91. The Bertz CT molecular complexity index is 1600. The number of ether oxygens (including phenoxy) is 2. The lowest BCUT2D eigenvalue weighted by Crippen LogP contribution is -2.27. The van der Waals surface area contributed by atoms with Gasteiger partial charge in [-0.15, -0.1) is 10.1 Å². The number of carbonyl (C=O) groups excluding carboxylic acids is 2. The van der Waals surface area contributed by atoms with Crippen molar-refractivity contribution in [3.63, 3.8) is 0 Å². The van der Waals surface area contributed by atoms with Gasteiger partial charge in [-0.1, -0.05) is 72.8 Å². The number of nitrogens with zero attached hydrogens (tertiary/aromatic N) is 2. The number of carbonyl (C=O) groups is 2. The van der Waals surface area contributed by atoms with Gasteiger partial charge in [0.2, 0.25) is 0 Å². The fourth-order valence-electron chi connectivity index (χ4n) is 5.81. The minimum Gasteiger partial charge on any atom is -0.372 e. The minimum atomic E-state index is -0.684. The van der Waals surface area contributed by atoms with E-state index in [0.29, 0.717) is 52.2 Å². The number of rotatable bonds is 12. The molecule has 6 rings (SSSR count). The van der Waals surface area contributed by atoms with E-state index in [1.54, 1.807) is 24.3 Å². The second-order valence-electron chi connectivity index (χ2n) is 11.7. The molecule has 0 aliphatic carbocycles. The Labute approximate surface area is 278 Å². The van der Waals surface area contributed by atoms with E-state index < -0.39 is 11.9 Å². The van der Waals surface area contributed by atoms with Gasteiger partial charge in [0.1, 0.15) is 11.6 Å². The summed E-state index contributed by atoms with van der Waals surface area (Å²) in [5, 5.41) is 3.04. The molecule has 2 aliphatic heterocycles. The summed E-state index contributed by atoms with van der Waals surface area (Å²) in [5.74, 6) is -1.94. The molecule has 0 amide bonds. The predicted molar refractivity (Wildman–Crippen MR) is 175 cm³/mol. The largest absolute Gasteiger partial charge is 0.372 e. The Morgan fingerprint density at radius 3 is 1.42 bits per heavy atom. The molecule has 0 N–H and O–H groups in total. The van der Waals surface area contributed by atoms with Gasteiger partial charge >= 0.3 is 11.9 Å². The van der Waals surface area contributed by atoms with Gasteiger partial charge in [-0.25, -0.2) is 18.4 Å². The zero-order valence-corrected chi connectivity index (χ0v) is 26.3. The molecule has 2 aliphatic rings. The summed E-state index contributed by atoms with van der Waals surface area (Å²) in [7, 11) is 0. The van der Waals surface area contributed by atoms with Crippen LogP contribution in [0.1, 0.15) is 24.0 Å². The normalized spacial score (nSPS) is 18.4. The van der Waals surface area contributed by atoms with Crippen molar-refractivity contribution in [1.82, 2.24) is 10.1 Å². The van der Waals surface area contributed by atoms with Crippen molar-refractivity contribution < 1.29 is 37.5 Å². The van der Waals surface area contributed by atoms with Crippen molar-refractivity contribution in [2.75, 3.05) is 26.2 Å². The SMILES string of the molecule is O=C(/C=C\C(=O)ON1CC[C@H](OCc2ccccc2-c2ccc(F)cc2)C1)ON1CC[C@H](OCc2ccccc2-c2ccc(F)cc2)C1. The van der Waals surface area contributed by atoms with Crippen molar-refractivity contribution >= 4 is 11.9 Å². The highest BCUT2D eigenvalue weighted by Crippen LogP contribution is 2.27. The summed E-state index contributed by atoms with van der Waals surface area (Å²) in [4.78, 5) is 35.6. The zero-order chi connectivity index (χ0) is 33.3. The van der Waals surface area contributed by atoms with Crippen molar-refractivity contribution in [2.24, 2.45) is 0 Å². The van der Waals surface area contributed by atoms with Crippen LogP contribution in [-0.2, 0) is 42.0 Å². The third-order valence-electron chi connectivity index (χ3n) is 8.30. The molecule has 248 valence electrons. The molecule has 2 atom stereocenters. The van der Waals surface area contributed by atoms with Gasteiger partial charge in [-0.2, -0.15) is 0 Å². The molecule has 0 unspecified atom stereocenters. The van der Waals surface area contributed by atoms with Crippen LogP contribution in [0.5, 0.6) is 0 Å². The molecule has 2 heterocycles. The molecule has 10 heteroatoms. The molecule has 48 heavy (non-hydrogen) atoms. The molecule has 8 nitrogen and oxygen atoms in total. The van der Waals surface area contributed by atoms with Gasteiger partial charge in [0.25, 0.3) is 0 Å². The first-order valence-electron chi connectivity index (χ1n) is 15.9. The van der Waals surface area contributed by atoms with E-state index in [1.807, 2.05) is 48.5 Å². The number of hydrogen-bond acceptors (Lipinski definition) is 8. The molecule has 0 spiro atoms. The second kappa shape index (κ2) is 15.9. The Balaban J connectivity index is 0.903. The first-order chi connectivity index (χ1) is 23.4. The fourth-order valence-corrected chi connectivity index (χ4v) is 5.81. The number of halogens is 2. The Kier molecular flexibility index (Phi) is 11.0. The topological polar surface area (TPSA) is 77.5 Å². The first kappa shape index (κ1) is 33.2. The standard InChI is InChI=1S/C38H36F2N2O6/c39-31-13-9-27(10-14-31)35-7-3-1-5-29(35)25-45-33-19-21-41(23-33)47-37(43)17-18-38(44)48-42-22-20-34(24-42)46-26-30-6-2-4-8-36(30)28-11-15-32(40)16-12-28/h1-18,33-34H,19-26H2/b18-17-/t33-,34-/m0/s1. The van der Waals surface area contributed by atoms with Gasteiger partial charge in [-0.05, 0) is 70.5 Å². The number of hydroxylamine groups is 4. The van der Waals surface area contributed by atoms with Crippen LogP contribution in [0.3, 0.4) is 0 Å².